The minimum Gasteiger partial charge on any atom is -0.378 e. The average molecular weight is 339 g/mol. The summed E-state index contributed by atoms with van der Waals surface area (Å²) in [4.78, 5) is 27.3. The topological polar surface area (TPSA) is 75.9 Å². The predicted octanol–water partition coefficient (Wildman–Crippen LogP) is 1.87. The highest BCUT2D eigenvalue weighted by atomic mass is 32.1. The van der Waals surface area contributed by atoms with Crippen LogP contribution in [0.4, 0.5) is 5.00 Å². The number of piperidine rings is 1. The lowest BCUT2D eigenvalue weighted by Gasteiger charge is -2.38. The van der Waals surface area contributed by atoms with Crippen LogP contribution < -0.4 is 0 Å². The summed E-state index contributed by atoms with van der Waals surface area (Å²) in [6, 6.07) is 1.51. The maximum absolute atomic E-state index is 12.8. The van der Waals surface area contributed by atoms with Crippen molar-refractivity contribution in [3.63, 3.8) is 0 Å². The van der Waals surface area contributed by atoms with E-state index in [2.05, 4.69) is 4.90 Å². The third-order valence-electron chi connectivity index (χ3n) is 4.43. The SMILES string of the molecule is O=C([C@@H]1CCCCN1Cc1csc([N+](=O)[O-])c1)N1CCOCC1. The fourth-order valence-corrected chi connectivity index (χ4v) is 3.95. The van der Waals surface area contributed by atoms with Crippen molar-refractivity contribution in [2.75, 3.05) is 32.8 Å². The first-order valence-corrected chi connectivity index (χ1v) is 8.85. The lowest BCUT2D eigenvalue weighted by atomic mass is 10.00. The van der Waals surface area contributed by atoms with Gasteiger partial charge in [-0.1, -0.05) is 17.8 Å². The molecule has 0 unspecified atom stereocenters. The van der Waals surface area contributed by atoms with Crippen LogP contribution in [0.2, 0.25) is 0 Å². The standard InChI is InChI=1S/C15H21N3O4S/c19-15(16-5-7-22-8-6-16)13-3-1-2-4-17(13)10-12-9-14(18(20)21)23-11-12/h9,11,13H,1-8,10H2/t13-/m0/s1. The smallest absolute Gasteiger partial charge is 0.324 e. The number of amides is 1. The van der Waals surface area contributed by atoms with Gasteiger partial charge in [-0.3, -0.25) is 19.8 Å². The fraction of sp³-hybridized carbons (Fsp3) is 0.667. The number of carbonyl (C=O) groups excluding carboxylic acids is 1. The third-order valence-corrected chi connectivity index (χ3v) is 5.36. The van der Waals surface area contributed by atoms with Crippen LogP contribution >= 0.6 is 11.3 Å². The third kappa shape index (κ3) is 3.88. The highest BCUT2D eigenvalue weighted by Crippen LogP contribution is 2.27. The van der Waals surface area contributed by atoms with Gasteiger partial charge in [0.25, 0.3) is 0 Å². The summed E-state index contributed by atoms with van der Waals surface area (Å²) in [6.07, 6.45) is 2.99. The normalized spacial score (nSPS) is 23.0. The van der Waals surface area contributed by atoms with Gasteiger partial charge in [0, 0.05) is 31.1 Å². The van der Waals surface area contributed by atoms with Crippen LogP contribution in [0.1, 0.15) is 24.8 Å². The van der Waals surface area contributed by atoms with Gasteiger partial charge in [0.1, 0.15) is 0 Å². The van der Waals surface area contributed by atoms with Crippen molar-refractivity contribution >= 4 is 22.2 Å². The molecule has 2 saturated heterocycles. The Morgan fingerprint density at radius 1 is 1.35 bits per heavy atom. The molecule has 1 aromatic rings. The number of ether oxygens (including phenoxy) is 1. The van der Waals surface area contributed by atoms with Gasteiger partial charge >= 0.3 is 5.00 Å². The lowest BCUT2D eigenvalue weighted by Crippen LogP contribution is -2.53. The Balaban J connectivity index is 1.67. The van der Waals surface area contributed by atoms with Gasteiger partial charge in [-0.05, 0) is 24.9 Å². The van der Waals surface area contributed by atoms with Crippen molar-refractivity contribution in [2.45, 2.75) is 31.8 Å². The second kappa shape index (κ2) is 7.37. The summed E-state index contributed by atoms with van der Waals surface area (Å²) in [5, 5.41) is 12.8. The van der Waals surface area contributed by atoms with Crippen molar-refractivity contribution in [3.8, 4) is 0 Å². The number of carbonyl (C=O) groups is 1. The molecule has 0 aliphatic carbocycles. The van der Waals surface area contributed by atoms with E-state index in [0.717, 1.165) is 42.7 Å². The summed E-state index contributed by atoms with van der Waals surface area (Å²) < 4.78 is 5.31. The molecule has 8 heteroatoms. The molecule has 0 aromatic carbocycles. The number of nitrogens with zero attached hydrogens (tertiary/aromatic N) is 3. The largest absolute Gasteiger partial charge is 0.378 e. The maximum atomic E-state index is 12.8. The average Bonchev–Trinajstić information content (AvgIpc) is 3.04. The van der Waals surface area contributed by atoms with Gasteiger partial charge in [0.05, 0.1) is 24.2 Å². The summed E-state index contributed by atoms with van der Waals surface area (Å²) in [5.41, 5.74) is 0.920. The molecular weight excluding hydrogens is 318 g/mol. The summed E-state index contributed by atoms with van der Waals surface area (Å²) in [5.74, 6) is 0.178. The number of thiophene rings is 1. The number of morpholine rings is 1. The summed E-state index contributed by atoms with van der Waals surface area (Å²) in [7, 11) is 0. The monoisotopic (exact) mass is 339 g/mol. The van der Waals surface area contributed by atoms with Crippen molar-refractivity contribution in [3.05, 3.63) is 27.1 Å². The number of hydrogen-bond donors (Lipinski definition) is 0. The minimum absolute atomic E-state index is 0.110. The molecular formula is C15H21N3O4S. The molecule has 2 fully saturated rings. The Labute approximate surface area is 139 Å². The van der Waals surface area contributed by atoms with Gasteiger partial charge in [-0.25, -0.2) is 0 Å². The number of hydrogen-bond acceptors (Lipinski definition) is 6. The fourth-order valence-electron chi connectivity index (χ4n) is 3.23. The van der Waals surface area contributed by atoms with Gasteiger partial charge in [0.2, 0.25) is 5.91 Å². The van der Waals surface area contributed by atoms with Crippen molar-refractivity contribution in [1.29, 1.82) is 0 Å². The summed E-state index contributed by atoms with van der Waals surface area (Å²) >= 11 is 1.15. The van der Waals surface area contributed by atoms with E-state index in [9.17, 15) is 14.9 Å². The van der Waals surface area contributed by atoms with Crippen molar-refractivity contribution in [2.24, 2.45) is 0 Å². The van der Waals surface area contributed by atoms with Gasteiger partial charge < -0.3 is 9.64 Å². The summed E-state index contributed by atoms with van der Waals surface area (Å²) in [6.45, 7) is 4.00. The zero-order valence-electron chi connectivity index (χ0n) is 13.0. The minimum atomic E-state index is -0.360. The Morgan fingerprint density at radius 3 is 2.83 bits per heavy atom. The molecule has 7 nitrogen and oxygen atoms in total. The van der Waals surface area contributed by atoms with Crippen LogP contribution in [0.3, 0.4) is 0 Å². The van der Waals surface area contributed by atoms with Gasteiger partial charge in [0.15, 0.2) is 0 Å². The Hall–Kier alpha value is -1.51. The number of nitro groups is 1. The molecule has 23 heavy (non-hydrogen) atoms. The van der Waals surface area contributed by atoms with Crippen LogP contribution in [-0.4, -0.2) is 59.5 Å². The zero-order chi connectivity index (χ0) is 16.2. The molecule has 0 N–H and O–H groups in total. The van der Waals surface area contributed by atoms with E-state index in [1.807, 2.05) is 10.3 Å². The van der Waals surface area contributed by atoms with E-state index in [1.54, 1.807) is 6.07 Å². The second-order valence-electron chi connectivity index (χ2n) is 5.97. The highest BCUT2D eigenvalue weighted by molar-refractivity contribution is 7.13. The predicted molar refractivity (Wildman–Crippen MR) is 86.4 cm³/mol. The lowest BCUT2D eigenvalue weighted by molar-refractivity contribution is -0.380. The maximum Gasteiger partial charge on any atom is 0.324 e. The van der Waals surface area contributed by atoms with E-state index in [0.29, 0.717) is 32.8 Å². The van der Waals surface area contributed by atoms with Crippen LogP contribution in [-0.2, 0) is 16.1 Å². The molecule has 1 amide bonds. The van der Waals surface area contributed by atoms with E-state index in [4.69, 9.17) is 4.74 Å². The Bertz CT molecular complexity index is 571. The van der Waals surface area contributed by atoms with E-state index >= 15 is 0 Å². The van der Waals surface area contributed by atoms with E-state index in [1.165, 1.54) is 0 Å². The number of rotatable bonds is 4. The molecule has 126 valence electrons. The first kappa shape index (κ1) is 16.4. The molecule has 1 aromatic heterocycles. The number of likely N-dealkylation sites (tertiary alicyclic amines) is 1. The van der Waals surface area contributed by atoms with Crippen LogP contribution in [0.5, 0.6) is 0 Å². The van der Waals surface area contributed by atoms with E-state index in [-0.39, 0.29) is 21.9 Å². The first-order chi connectivity index (χ1) is 11.1. The molecule has 1 atom stereocenters. The Kier molecular flexibility index (Phi) is 5.24. The molecule has 0 bridgehead atoms. The molecule has 3 rings (SSSR count). The van der Waals surface area contributed by atoms with Gasteiger partial charge in [-0.2, -0.15) is 0 Å². The van der Waals surface area contributed by atoms with Crippen LogP contribution in [0, 0.1) is 10.1 Å². The molecule has 2 aliphatic rings. The second-order valence-corrected chi connectivity index (χ2v) is 6.86. The molecule has 2 aliphatic heterocycles. The molecule has 0 saturated carbocycles. The van der Waals surface area contributed by atoms with Crippen LogP contribution in [0.15, 0.2) is 11.4 Å². The molecule has 0 spiro atoms. The Morgan fingerprint density at radius 2 is 2.13 bits per heavy atom. The van der Waals surface area contributed by atoms with Crippen molar-refractivity contribution in [1.82, 2.24) is 9.80 Å². The molecule has 3 heterocycles. The van der Waals surface area contributed by atoms with E-state index < -0.39 is 0 Å². The quantitative estimate of drug-likeness (QED) is 0.618. The first-order valence-electron chi connectivity index (χ1n) is 7.97. The van der Waals surface area contributed by atoms with Crippen LogP contribution in [0.25, 0.3) is 0 Å². The van der Waals surface area contributed by atoms with Gasteiger partial charge in [-0.15, -0.1) is 0 Å². The highest BCUT2D eigenvalue weighted by Gasteiger charge is 2.32. The molecule has 0 radical (unpaired) electrons. The zero-order valence-corrected chi connectivity index (χ0v) is 13.8. The van der Waals surface area contributed by atoms with Crippen molar-refractivity contribution < 1.29 is 14.5 Å².